The van der Waals surface area contributed by atoms with Crippen LogP contribution in [0.25, 0.3) is 66.9 Å². The van der Waals surface area contributed by atoms with Gasteiger partial charge in [0.25, 0.3) is 6.33 Å². The summed E-state index contributed by atoms with van der Waals surface area (Å²) in [6.45, 7) is -0.372. The summed E-state index contributed by atoms with van der Waals surface area (Å²) < 4.78 is 97.5. The van der Waals surface area contributed by atoms with Gasteiger partial charge in [0.15, 0.2) is 0 Å². The smallest absolute Gasteiger partial charge is 0.409 e. The molecular formula is C60H38BN5OPt-2. The summed E-state index contributed by atoms with van der Waals surface area (Å²) >= 11 is 0. The van der Waals surface area contributed by atoms with Gasteiger partial charge < -0.3 is 18.9 Å². The number of para-hydroxylation sites is 4. The first-order chi connectivity index (χ1) is 37.4. The summed E-state index contributed by atoms with van der Waals surface area (Å²) in [5.41, 5.74) is 9.94. The van der Waals surface area contributed by atoms with Gasteiger partial charge >= 0.3 is 6.98 Å². The van der Waals surface area contributed by atoms with Crippen LogP contribution in [0.15, 0.2) is 230 Å². The van der Waals surface area contributed by atoms with Crippen molar-refractivity contribution in [2.24, 2.45) is 0 Å². The average Bonchev–Trinajstić information content (AvgIpc) is 4.23. The molecule has 0 saturated heterocycles. The molecule has 8 heteroatoms. The number of hydrogen-bond donors (Lipinski definition) is 0. The monoisotopic (exact) mass is 1060 g/mol. The van der Waals surface area contributed by atoms with E-state index in [1.807, 2.05) is 66.7 Å². The Labute approximate surface area is 424 Å². The van der Waals surface area contributed by atoms with Crippen molar-refractivity contribution in [3.8, 4) is 67.4 Å². The Hall–Kier alpha value is -8.25. The van der Waals surface area contributed by atoms with Crippen LogP contribution >= 0.6 is 0 Å². The van der Waals surface area contributed by atoms with Crippen LogP contribution in [0.5, 0.6) is 11.5 Å². The van der Waals surface area contributed by atoms with Crippen LogP contribution in [0.4, 0.5) is 22.9 Å². The predicted molar refractivity (Wildman–Crippen MR) is 270 cm³/mol. The Bertz CT molecular complexity index is 4130. The third kappa shape index (κ3) is 6.85. The summed E-state index contributed by atoms with van der Waals surface area (Å²) in [6, 6.07) is 54.5. The number of hydrogen-bond acceptors (Lipinski definition) is 4. The fourth-order valence-electron chi connectivity index (χ4n) is 9.48. The van der Waals surface area contributed by atoms with Crippen molar-refractivity contribution in [1.29, 1.82) is 0 Å². The summed E-state index contributed by atoms with van der Waals surface area (Å²) in [7, 11) is 0. The summed E-state index contributed by atoms with van der Waals surface area (Å²) in [4.78, 5) is 9.46. The molecule has 68 heavy (non-hydrogen) atoms. The minimum atomic E-state index is -0.576. The normalized spacial score (nSPS) is 14.3. The van der Waals surface area contributed by atoms with Gasteiger partial charge in [-0.1, -0.05) is 187 Å². The van der Waals surface area contributed by atoms with E-state index in [9.17, 15) is 0 Å². The molecule has 324 valence electrons. The molecule has 0 bridgehead atoms. The van der Waals surface area contributed by atoms with Crippen molar-refractivity contribution in [1.82, 2.24) is 9.55 Å². The number of ether oxygens (including phenoxy) is 1. The van der Waals surface area contributed by atoms with Gasteiger partial charge in [-0.25, -0.2) is 4.98 Å². The standard InChI is InChI=1S/C60H38BN5O.Pt/c1-3-19-42(20-4-1)47-29-18-30-48(43-21-5-2-6-22-43)60(47)64-41-63(55-33-13-14-34-56(55)64)44-23-17-24-45(39-44)67-46-36-37-57-58(40-46)66(59-35-15-16-38-62-59)61-53-31-11-9-27-51(53)49-25-7-8-26-50(49)52-28-10-12-32-54(52)65(57)61;/h1-38H;/q-2;/i1D,2D,3D,4D,5D,6D,19D,20D,21D,22D;. The minimum absolute atomic E-state index is 0. The summed E-state index contributed by atoms with van der Waals surface area (Å²) in [6.07, 6.45) is 5.21. The van der Waals surface area contributed by atoms with E-state index in [0.717, 1.165) is 50.6 Å². The molecular weight excluding hydrogens is 1010 g/mol. The van der Waals surface area contributed by atoms with E-state index in [0.29, 0.717) is 28.2 Å². The van der Waals surface area contributed by atoms with Crippen molar-refractivity contribution < 1.29 is 44.1 Å². The molecule has 6 nitrogen and oxygen atoms in total. The Morgan fingerprint density at radius 1 is 0.515 bits per heavy atom. The number of fused-ring (bicyclic) bond motifs is 11. The van der Waals surface area contributed by atoms with Gasteiger partial charge in [0, 0.05) is 50.0 Å². The molecule has 0 saturated carbocycles. The van der Waals surface area contributed by atoms with Crippen LogP contribution in [0.3, 0.4) is 0 Å². The molecule has 0 fully saturated rings. The van der Waals surface area contributed by atoms with E-state index in [1.165, 1.54) is 0 Å². The predicted octanol–water partition coefficient (Wildman–Crippen LogP) is 13.2. The molecule has 4 heterocycles. The Morgan fingerprint density at radius 2 is 1.13 bits per heavy atom. The summed E-state index contributed by atoms with van der Waals surface area (Å²) in [5.74, 6) is 1.47. The molecule has 2 aromatic heterocycles. The number of nitrogens with zero attached hydrogens (tertiary/aromatic N) is 5. The third-order valence-corrected chi connectivity index (χ3v) is 12.2. The largest absolute Gasteiger partial charge is 0.510 e. The third-order valence-electron chi connectivity index (χ3n) is 12.2. The van der Waals surface area contributed by atoms with Crippen molar-refractivity contribution in [3.63, 3.8) is 0 Å². The minimum Gasteiger partial charge on any atom is -0.510 e. The number of aromatic nitrogens is 3. The summed E-state index contributed by atoms with van der Waals surface area (Å²) in [5, 5.41) is 0. The van der Waals surface area contributed by atoms with Crippen molar-refractivity contribution >= 4 is 46.4 Å². The van der Waals surface area contributed by atoms with E-state index < -0.39 is 60.4 Å². The first-order valence-corrected chi connectivity index (χ1v) is 21.7. The SMILES string of the molecule is [2H]c1c([2H])c([2H])c(-c2cccc(-c3c([2H])c([2H])c([2H])c([2H])c3[2H])c2-[n+]2[c-]n(-c3[c-]c(Oc4[c-]c5c(cc4)N4B(c6ccccc6-c6ccccc6-c6ccccc64)N5c4ccccn4)ccc3)c3ccccc32)c([2H])c1[2H].[Pt]. The zero-order chi connectivity index (χ0) is 53.0. The van der Waals surface area contributed by atoms with Gasteiger partial charge in [-0.3, -0.25) is 4.57 Å². The molecule has 0 amide bonds. The quantitative estimate of drug-likeness (QED) is 0.0906. The molecule has 0 spiro atoms. The molecule has 2 aliphatic rings. The van der Waals surface area contributed by atoms with Crippen LogP contribution in [-0.4, -0.2) is 16.5 Å². The number of imidazole rings is 1. The fraction of sp³-hybridized carbons (Fsp3) is 0. The molecule has 2 aliphatic heterocycles. The molecule has 9 aromatic carbocycles. The molecule has 0 atom stereocenters. The molecule has 13 rings (SSSR count). The van der Waals surface area contributed by atoms with E-state index in [4.69, 9.17) is 23.4 Å². The molecule has 0 aliphatic carbocycles. The van der Waals surface area contributed by atoms with Gasteiger partial charge in [0.05, 0.1) is 30.4 Å². The van der Waals surface area contributed by atoms with Crippen LogP contribution < -0.4 is 24.4 Å². The van der Waals surface area contributed by atoms with Crippen molar-refractivity contribution in [3.05, 3.63) is 249 Å². The molecule has 0 N–H and O–H groups in total. The first kappa shape index (κ1) is 31.6. The first-order valence-electron chi connectivity index (χ1n) is 26.7. The van der Waals surface area contributed by atoms with Crippen LogP contribution in [0.1, 0.15) is 13.7 Å². The van der Waals surface area contributed by atoms with Gasteiger partial charge in [0.2, 0.25) is 0 Å². The number of anilines is 4. The number of benzene rings is 9. The Kier molecular flexibility index (Phi) is 8.00. The maximum Gasteiger partial charge on any atom is 0.409 e. The van der Waals surface area contributed by atoms with Gasteiger partial charge in [-0.15, -0.1) is 30.3 Å². The van der Waals surface area contributed by atoms with E-state index in [-0.39, 0.29) is 56.0 Å². The van der Waals surface area contributed by atoms with Crippen LogP contribution in [0, 0.1) is 18.5 Å². The van der Waals surface area contributed by atoms with E-state index in [1.54, 1.807) is 39.6 Å². The van der Waals surface area contributed by atoms with Gasteiger partial charge in [0.1, 0.15) is 5.82 Å². The second kappa shape index (κ2) is 17.2. The maximum absolute atomic E-state index is 9.06. The number of rotatable bonds is 7. The maximum atomic E-state index is 9.06. The van der Waals surface area contributed by atoms with Gasteiger partial charge in [-0.05, 0) is 68.3 Å². The average molecular weight is 1060 g/mol. The van der Waals surface area contributed by atoms with E-state index in [2.05, 4.69) is 101 Å². The molecule has 0 radical (unpaired) electrons. The van der Waals surface area contributed by atoms with E-state index >= 15 is 0 Å². The van der Waals surface area contributed by atoms with Crippen molar-refractivity contribution in [2.45, 2.75) is 0 Å². The van der Waals surface area contributed by atoms with Gasteiger partial charge in [-0.2, -0.15) is 12.1 Å². The Morgan fingerprint density at radius 3 is 1.88 bits per heavy atom. The topological polar surface area (TPSA) is 37.4 Å². The van der Waals surface area contributed by atoms with Crippen molar-refractivity contribution in [2.75, 3.05) is 9.62 Å². The fourth-order valence-corrected chi connectivity index (χ4v) is 9.48. The van der Waals surface area contributed by atoms with Crippen LogP contribution in [-0.2, 0) is 21.1 Å². The zero-order valence-electron chi connectivity index (χ0n) is 45.7. The molecule has 11 aromatic rings. The number of pyridine rings is 1. The molecule has 0 unspecified atom stereocenters. The zero-order valence-corrected chi connectivity index (χ0v) is 38.0. The second-order valence-corrected chi connectivity index (χ2v) is 16.0. The Balaban J connectivity index is 0.00000609. The van der Waals surface area contributed by atoms with Crippen LogP contribution in [0.2, 0.25) is 0 Å². The second-order valence-electron chi connectivity index (χ2n) is 16.0.